The topological polar surface area (TPSA) is 71.4 Å². The first-order valence-electron chi connectivity index (χ1n) is 9.58. The summed E-state index contributed by atoms with van der Waals surface area (Å²) in [6, 6.07) is 3.11. The van der Waals surface area contributed by atoms with Crippen molar-refractivity contribution in [3.63, 3.8) is 0 Å². The van der Waals surface area contributed by atoms with Crippen LogP contribution in [-0.4, -0.2) is 32.0 Å². The Morgan fingerprint density at radius 2 is 2.10 bits per heavy atom. The number of aryl methyl sites for hydroxylation is 1. The molecule has 0 saturated carbocycles. The van der Waals surface area contributed by atoms with Crippen LogP contribution in [0.1, 0.15) is 30.0 Å². The fourth-order valence-corrected chi connectivity index (χ4v) is 4.23. The van der Waals surface area contributed by atoms with Gasteiger partial charge in [-0.2, -0.15) is 10.2 Å². The first-order valence-corrected chi connectivity index (χ1v) is 9.58. The molecule has 1 aromatic carbocycles. The summed E-state index contributed by atoms with van der Waals surface area (Å²) in [5.74, 6) is -1.11. The molecule has 0 fully saturated rings. The van der Waals surface area contributed by atoms with Gasteiger partial charge >= 0.3 is 0 Å². The summed E-state index contributed by atoms with van der Waals surface area (Å²) in [6.07, 6.45) is 7.43. The fraction of sp³-hybridized carbons (Fsp3) is 0.286. The number of nitrogens with one attached hydrogen (secondary N) is 2. The molecule has 148 valence electrons. The van der Waals surface area contributed by atoms with Crippen molar-refractivity contribution >= 4 is 10.9 Å². The Labute approximate surface area is 166 Å². The summed E-state index contributed by atoms with van der Waals surface area (Å²) in [5, 5.41) is 15.3. The molecule has 5 rings (SSSR count). The second-order valence-corrected chi connectivity index (χ2v) is 7.44. The third-order valence-corrected chi connectivity index (χ3v) is 5.68. The summed E-state index contributed by atoms with van der Waals surface area (Å²) in [6.45, 7) is 0. The van der Waals surface area contributed by atoms with Gasteiger partial charge in [-0.1, -0.05) is 0 Å². The van der Waals surface area contributed by atoms with Crippen molar-refractivity contribution < 1.29 is 8.78 Å². The number of nitrogens with zero attached hydrogens (tertiary/aromatic N) is 4. The molecule has 0 saturated heterocycles. The largest absolute Gasteiger partial charge is 0.313 e. The highest BCUT2D eigenvalue weighted by molar-refractivity contribution is 5.94. The van der Waals surface area contributed by atoms with Gasteiger partial charge in [0.2, 0.25) is 0 Å². The van der Waals surface area contributed by atoms with E-state index >= 15 is 8.78 Å². The van der Waals surface area contributed by atoms with Gasteiger partial charge in [-0.25, -0.2) is 8.78 Å². The minimum absolute atomic E-state index is 0.0294. The maximum Gasteiger partial charge on any atom is 0.139 e. The molecule has 0 bridgehead atoms. The molecule has 4 aromatic rings. The normalized spacial score (nSPS) is 16.3. The lowest BCUT2D eigenvalue weighted by Gasteiger charge is -2.26. The Morgan fingerprint density at radius 1 is 1.24 bits per heavy atom. The Morgan fingerprint density at radius 3 is 2.86 bits per heavy atom. The number of hydrogen-bond acceptors (Lipinski definition) is 4. The predicted molar refractivity (Wildman–Crippen MR) is 106 cm³/mol. The second-order valence-electron chi connectivity index (χ2n) is 7.44. The summed E-state index contributed by atoms with van der Waals surface area (Å²) in [4.78, 5) is 4.31. The van der Waals surface area contributed by atoms with Crippen LogP contribution in [-0.2, 0) is 13.5 Å². The number of hydrogen-bond donors (Lipinski definition) is 2. The number of halogens is 2. The molecule has 6 nitrogen and oxygen atoms in total. The van der Waals surface area contributed by atoms with Crippen LogP contribution in [0, 0.1) is 11.6 Å². The van der Waals surface area contributed by atoms with E-state index in [0.717, 1.165) is 23.8 Å². The van der Waals surface area contributed by atoms with Crippen molar-refractivity contribution in [3.05, 3.63) is 53.5 Å². The molecule has 0 amide bonds. The van der Waals surface area contributed by atoms with Crippen molar-refractivity contribution in [2.24, 2.45) is 7.05 Å². The van der Waals surface area contributed by atoms with E-state index in [0.29, 0.717) is 28.8 Å². The summed E-state index contributed by atoms with van der Waals surface area (Å²) in [5.41, 5.74) is 3.65. The van der Waals surface area contributed by atoms with Crippen molar-refractivity contribution in [1.29, 1.82) is 0 Å². The first-order chi connectivity index (χ1) is 14.1. The van der Waals surface area contributed by atoms with Crippen molar-refractivity contribution in [2.45, 2.75) is 25.3 Å². The Bertz CT molecular complexity index is 1230. The third kappa shape index (κ3) is 2.82. The van der Waals surface area contributed by atoms with Crippen LogP contribution in [0.25, 0.3) is 33.4 Å². The van der Waals surface area contributed by atoms with Gasteiger partial charge in [0, 0.05) is 30.2 Å². The van der Waals surface area contributed by atoms with Crippen LogP contribution in [0.3, 0.4) is 0 Å². The molecule has 8 heteroatoms. The van der Waals surface area contributed by atoms with Crippen LogP contribution >= 0.6 is 0 Å². The van der Waals surface area contributed by atoms with Crippen molar-refractivity contribution in [3.8, 4) is 22.5 Å². The lowest BCUT2D eigenvalue weighted by Crippen LogP contribution is -2.23. The predicted octanol–water partition coefficient (Wildman–Crippen LogP) is 3.90. The number of H-pyrrole nitrogens is 1. The zero-order chi connectivity index (χ0) is 20.1. The van der Waals surface area contributed by atoms with Crippen molar-refractivity contribution in [2.75, 3.05) is 7.05 Å². The van der Waals surface area contributed by atoms with Gasteiger partial charge in [0.25, 0.3) is 0 Å². The second kappa shape index (κ2) is 6.73. The maximum absolute atomic E-state index is 15.4. The van der Waals surface area contributed by atoms with E-state index in [1.165, 1.54) is 6.07 Å². The standard InChI is InChI=1S/C21H20F2N6/c1-24-16-5-3-4-12-13(16)6-15(22)19(20(12)23)17-7-14-18(9-25-17)27-28-21(14)11-8-26-29(2)10-11/h6-10,16,24H,3-5H2,1-2H3,(H,27,28). The number of rotatable bonds is 3. The molecule has 1 aliphatic rings. The molecule has 29 heavy (non-hydrogen) atoms. The fourth-order valence-electron chi connectivity index (χ4n) is 4.23. The van der Waals surface area contributed by atoms with E-state index < -0.39 is 11.6 Å². The van der Waals surface area contributed by atoms with E-state index in [9.17, 15) is 0 Å². The Hall–Kier alpha value is -3.13. The lowest BCUT2D eigenvalue weighted by atomic mass is 9.85. The molecular weight excluding hydrogens is 374 g/mol. The number of benzene rings is 1. The van der Waals surface area contributed by atoms with Gasteiger partial charge in [0.15, 0.2) is 0 Å². The molecule has 0 spiro atoms. The van der Waals surface area contributed by atoms with E-state index in [4.69, 9.17) is 0 Å². The summed E-state index contributed by atoms with van der Waals surface area (Å²) < 4.78 is 32.1. The zero-order valence-corrected chi connectivity index (χ0v) is 16.1. The van der Waals surface area contributed by atoms with Gasteiger partial charge < -0.3 is 5.32 Å². The van der Waals surface area contributed by atoms with Crippen LogP contribution in [0.2, 0.25) is 0 Å². The number of aromatic amines is 1. The quantitative estimate of drug-likeness (QED) is 0.553. The van der Waals surface area contributed by atoms with Gasteiger partial charge in [-0.15, -0.1) is 0 Å². The average Bonchev–Trinajstić information content (AvgIpc) is 3.33. The van der Waals surface area contributed by atoms with Gasteiger partial charge in [-0.3, -0.25) is 14.8 Å². The Balaban J connectivity index is 1.68. The van der Waals surface area contributed by atoms with Crippen LogP contribution in [0.5, 0.6) is 0 Å². The Kier molecular flexibility index (Phi) is 4.16. The summed E-state index contributed by atoms with van der Waals surface area (Å²) in [7, 11) is 3.64. The van der Waals surface area contributed by atoms with Gasteiger partial charge in [-0.05, 0) is 49.6 Å². The summed E-state index contributed by atoms with van der Waals surface area (Å²) >= 11 is 0. The molecule has 0 radical (unpaired) electrons. The molecule has 3 heterocycles. The number of pyridine rings is 1. The van der Waals surface area contributed by atoms with Crippen molar-refractivity contribution in [1.82, 2.24) is 30.3 Å². The molecule has 3 aromatic heterocycles. The maximum atomic E-state index is 15.4. The van der Waals surface area contributed by atoms with E-state index in [-0.39, 0.29) is 17.3 Å². The van der Waals surface area contributed by atoms with E-state index in [2.05, 4.69) is 25.6 Å². The highest BCUT2D eigenvalue weighted by Crippen LogP contribution is 2.38. The number of aromatic nitrogens is 5. The smallest absolute Gasteiger partial charge is 0.139 e. The minimum Gasteiger partial charge on any atom is -0.313 e. The van der Waals surface area contributed by atoms with Gasteiger partial charge in [0.05, 0.1) is 29.2 Å². The lowest BCUT2D eigenvalue weighted by molar-refractivity contribution is 0.471. The zero-order valence-electron chi connectivity index (χ0n) is 16.1. The highest BCUT2D eigenvalue weighted by atomic mass is 19.1. The van der Waals surface area contributed by atoms with Gasteiger partial charge in [0.1, 0.15) is 17.3 Å². The third-order valence-electron chi connectivity index (χ3n) is 5.68. The monoisotopic (exact) mass is 394 g/mol. The van der Waals surface area contributed by atoms with Crippen LogP contribution < -0.4 is 5.32 Å². The average molecular weight is 394 g/mol. The van der Waals surface area contributed by atoms with E-state index in [1.54, 1.807) is 23.1 Å². The molecule has 1 aliphatic carbocycles. The molecular formula is C21H20F2N6. The number of fused-ring (bicyclic) bond motifs is 2. The minimum atomic E-state index is -0.596. The molecule has 1 unspecified atom stereocenters. The molecule has 0 aliphatic heterocycles. The van der Waals surface area contributed by atoms with Crippen LogP contribution in [0.4, 0.5) is 8.78 Å². The van der Waals surface area contributed by atoms with E-state index in [1.807, 2.05) is 20.3 Å². The molecule has 1 atom stereocenters. The molecule has 2 N–H and O–H groups in total. The highest BCUT2D eigenvalue weighted by Gasteiger charge is 2.27. The van der Waals surface area contributed by atoms with Crippen LogP contribution in [0.15, 0.2) is 30.7 Å². The first kappa shape index (κ1) is 17.9. The SMILES string of the molecule is CNC1CCCc2c1cc(F)c(-c1cc3c(-c4cnn(C)c4)n[nH]c3cn1)c2F.